The van der Waals surface area contributed by atoms with Crippen LogP contribution in [0.3, 0.4) is 0 Å². The minimum atomic E-state index is -4.76. The number of rotatable bonds is 3. The summed E-state index contributed by atoms with van der Waals surface area (Å²) in [6.07, 6.45) is -2.34. The highest BCUT2D eigenvalue weighted by molar-refractivity contribution is 5.38. The summed E-state index contributed by atoms with van der Waals surface area (Å²) in [5.74, 6) is 5.03. The number of hydrogen-bond acceptors (Lipinski definition) is 4. The molecule has 0 saturated heterocycles. The third kappa shape index (κ3) is 4.88. The summed E-state index contributed by atoms with van der Waals surface area (Å²) in [4.78, 5) is 21.1. The van der Waals surface area contributed by atoms with Crippen LogP contribution in [0.4, 0.5) is 18.9 Å². The third-order valence-corrected chi connectivity index (χ3v) is 2.74. The summed E-state index contributed by atoms with van der Waals surface area (Å²) in [6, 6.07) is 6.01. The number of benzene rings is 1. The lowest BCUT2D eigenvalue weighted by Gasteiger charge is -2.08. The number of hydrogen-bond donors (Lipinski definition) is 0. The lowest BCUT2D eigenvalue weighted by molar-refractivity contribution is -0.386. The smallest absolute Gasteiger partial charge is 0.406 e. The van der Waals surface area contributed by atoms with Crippen molar-refractivity contribution in [2.24, 2.45) is 0 Å². The molecule has 24 heavy (non-hydrogen) atoms. The fourth-order valence-corrected chi connectivity index (χ4v) is 1.72. The Balaban J connectivity index is 2.07. The van der Waals surface area contributed by atoms with E-state index in [4.69, 9.17) is 0 Å². The molecule has 9 heteroatoms. The van der Waals surface area contributed by atoms with Crippen molar-refractivity contribution in [1.29, 1.82) is 0 Å². The van der Waals surface area contributed by atoms with Gasteiger partial charge in [-0.2, -0.15) is 0 Å². The summed E-state index contributed by atoms with van der Waals surface area (Å²) < 4.78 is 41.2. The Hall–Kier alpha value is -3.28. The van der Waals surface area contributed by atoms with Crippen LogP contribution < -0.4 is 10.2 Å². The molecule has 0 amide bonds. The molecule has 0 aliphatic carbocycles. The molecule has 0 atom stereocenters. The molecular formula is C15H9F3N2O4. The monoisotopic (exact) mass is 338 g/mol. The molecular weight excluding hydrogens is 329 g/mol. The molecule has 2 rings (SSSR count). The Morgan fingerprint density at radius 2 is 1.88 bits per heavy atom. The fourth-order valence-electron chi connectivity index (χ4n) is 1.72. The summed E-state index contributed by atoms with van der Waals surface area (Å²) in [6.45, 7) is 0.0714. The molecule has 0 aliphatic heterocycles. The van der Waals surface area contributed by atoms with Crippen molar-refractivity contribution in [3.63, 3.8) is 0 Å². The van der Waals surface area contributed by atoms with Crippen molar-refractivity contribution < 1.29 is 22.8 Å². The number of nitrogens with zero attached hydrogens (tertiary/aromatic N) is 2. The van der Waals surface area contributed by atoms with Gasteiger partial charge in [-0.25, -0.2) is 0 Å². The van der Waals surface area contributed by atoms with Gasteiger partial charge in [0.2, 0.25) is 0 Å². The molecule has 2 aromatic rings. The minimum absolute atomic E-state index is 0.0714. The molecule has 1 aromatic heterocycles. The van der Waals surface area contributed by atoms with Gasteiger partial charge in [0.1, 0.15) is 5.75 Å². The maximum Gasteiger partial charge on any atom is 0.573 e. The second kappa shape index (κ2) is 6.87. The van der Waals surface area contributed by atoms with Crippen molar-refractivity contribution in [3.8, 4) is 17.6 Å². The van der Waals surface area contributed by atoms with E-state index >= 15 is 0 Å². The van der Waals surface area contributed by atoms with E-state index in [1.807, 2.05) is 0 Å². The molecule has 0 aliphatic rings. The van der Waals surface area contributed by atoms with E-state index in [0.717, 1.165) is 24.4 Å². The van der Waals surface area contributed by atoms with Crippen LogP contribution in [0.15, 0.2) is 47.5 Å². The van der Waals surface area contributed by atoms with E-state index in [1.165, 1.54) is 22.9 Å². The van der Waals surface area contributed by atoms with Crippen LogP contribution in [0.25, 0.3) is 0 Å². The molecule has 0 radical (unpaired) electrons. The Labute approximate surface area is 133 Å². The maximum atomic E-state index is 12.0. The predicted octanol–water partition coefficient (Wildman–Crippen LogP) is 2.71. The van der Waals surface area contributed by atoms with Crippen LogP contribution in [0.2, 0.25) is 0 Å². The first kappa shape index (κ1) is 17.1. The average Bonchev–Trinajstić information content (AvgIpc) is 2.49. The van der Waals surface area contributed by atoms with Crippen molar-refractivity contribution >= 4 is 5.69 Å². The van der Waals surface area contributed by atoms with Crippen molar-refractivity contribution in [2.75, 3.05) is 0 Å². The molecule has 0 unspecified atom stereocenters. The Morgan fingerprint density at radius 1 is 1.21 bits per heavy atom. The largest absolute Gasteiger partial charge is 0.573 e. The number of halogens is 3. The van der Waals surface area contributed by atoms with E-state index in [0.29, 0.717) is 5.56 Å². The van der Waals surface area contributed by atoms with Gasteiger partial charge in [0.05, 0.1) is 17.7 Å². The summed E-state index contributed by atoms with van der Waals surface area (Å²) >= 11 is 0. The quantitative estimate of drug-likeness (QED) is 0.490. The second-order valence-electron chi connectivity index (χ2n) is 4.50. The maximum absolute atomic E-state index is 12.0. The number of nitro groups is 1. The molecule has 1 aromatic carbocycles. The first-order valence-corrected chi connectivity index (χ1v) is 6.44. The minimum Gasteiger partial charge on any atom is -0.406 e. The van der Waals surface area contributed by atoms with Crippen molar-refractivity contribution in [3.05, 3.63) is 68.6 Å². The zero-order valence-electron chi connectivity index (χ0n) is 11.9. The highest BCUT2D eigenvalue weighted by Crippen LogP contribution is 2.22. The molecule has 0 fully saturated rings. The average molecular weight is 338 g/mol. The SMILES string of the molecule is O=c1ccn(CC#Cc2ccc(OC(F)(F)F)cc2)cc1[N+](=O)[O-]. The van der Waals surface area contributed by atoms with Crippen LogP contribution in [-0.4, -0.2) is 15.9 Å². The summed E-state index contributed by atoms with van der Waals surface area (Å²) in [5, 5.41) is 10.7. The molecule has 1 heterocycles. The van der Waals surface area contributed by atoms with Crippen molar-refractivity contribution in [1.82, 2.24) is 4.57 Å². The number of aromatic nitrogens is 1. The van der Waals surface area contributed by atoms with Gasteiger partial charge in [-0.05, 0) is 24.3 Å². The molecule has 0 N–H and O–H groups in total. The molecule has 0 saturated carbocycles. The van der Waals surface area contributed by atoms with E-state index in [1.54, 1.807) is 0 Å². The van der Waals surface area contributed by atoms with E-state index in [9.17, 15) is 28.1 Å². The van der Waals surface area contributed by atoms with E-state index in [2.05, 4.69) is 16.6 Å². The first-order chi connectivity index (χ1) is 11.2. The Bertz CT molecular complexity index is 861. The lowest BCUT2D eigenvalue weighted by atomic mass is 10.2. The van der Waals surface area contributed by atoms with Crippen LogP contribution in [0, 0.1) is 22.0 Å². The zero-order chi connectivity index (χ0) is 17.7. The highest BCUT2D eigenvalue weighted by Gasteiger charge is 2.30. The summed E-state index contributed by atoms with van der Waals surface area (Å²) in [5.41, 5.74) is -0.822. The van der Waals surface area contributed by atoms with Gasteiger partial charge in [-0.1, -0.05) is 11.8 Å². The predicted molar refractivity (Wildman–Crippen MR) is 77.4 cm³/mol. The topological polar surface area (TPSA) is 74.4 Å². The fraction of sp³-hybridized carbons (Fsp3) is 0.133. The number of alkyl halides is 3. The van der Waals surface area contributed by atoms with Gasteiger partial charge in [-0.3, -0.25) is 14.9 Å². The number of ether oxygens (including phenoxy) is 1. The van der Waals surface area contributed by atoms with Gasteiger partial charge in [-0.15, -0.1) is 13.2 Å². The van der Waals surface area contributed by atoms with E-state index in [-0.39, 0.29) is 12.3 Å². The van der Waals surface area contributed by atoms with Crippen LogP contribution in [0.1, 0.15) is 5.56 Å². The van der Waals surface area contributed by atoms with Crippen LogP contribution in [0.5, 0.6) is 5.75 Å². The molecule has 0 bridgehead atoms. The highest BCUT2D eigenvalue weighted by atomic mass is 19.4. The van der Waals surface area contributed by atoms with Gasteiger partial charge in [0.25, 0.3) is 5.43 Å². The van der Waals surface area contributed by atoms with Gasteiger partial charge in [0.15, 0.2) is 0 Å². The van der Waals surface area contributed by atoms with Gasteiger partial charge < -0.3 is 9.30 Å². The second-order valence-corrected chi connectivity index (χ2v) is 4.50. The van der Waals surface area contributed by atoms with Crippen LogP contribution >= 0.6 is 0 Å². The summed E-state index contributed by atoms with van der Waals surface area (Å²) in [7, 11) is 0. The van der Waals surface area contributed by atoms with Crippen LogP contribution in [-0.2, 0) is 6.54 Å². The zero-order valence-corrected chi connectivity index (χ0v) is 11.9. The standard InChI is InChI=1S/C15H9F3N2O4/c16-15(17,18)24-12-5-3-11(4-6-12)2-1-8-19-9-7-14(21)13(10-19)20(22)23/h3-7,9-10H,8H2. The first-order valence-electron chi connectivity index (χ1n) is 6.44. The normalized spacial score (nSPS) is 10.6. The molecule has 0 spiro atoms. The Kier molecular flexibility index (Phi) is 4.89. The lowest BCUT2D eigenvalue weighted by Crippen LogP contribution is -2.16. The van der Waals surface area contributed by atoms with Gasteiger partial charge >= 0.3 is 12.0 Å². The van der Waals surface area contributed by atoms with Crippen molar-refractivity contribution in [2.45, 2.75) is 12.9 Å². The van der Waals surface area contributed by atoms with Gasteiger partial charge in [0, 0.05) is 17.8 Å². The van der Waals surface area contributed by atoms with E-state index < -0.39 is 22.4 Å². The third-order valence-electron chi connectivity index (χ3n) is 2.74. The Morgan fingerprint density at radius 3 is 2.46 bits per heavy atom. The number of pyridine rings is 1. The molecule has 6 nitrogen and oxygen atoms in total. The molecule has 124 valence electrons.